The molecule has 0 aromatic carbocycles. The van der Waals surface area contributed by atoms with Crippen molar-refractivity contribution in [1.82, 2.24) is 0 Å². The molecule has 4 aliphatic heterocycles. The lowest BCUT2D eigenvalue weighted by atomic mass is 9.41. The molecule has 2 bridgehead atoms. The highest BCUT2D eigenvalue weighted by Gasteiger charge is 2.69. The fourth-order valence-corrected chi connectivity index (χ4v) is 13.4. The molecule has 22 heteroatoms. The van der Waals surface area contributed by atoms with E-state index in [9.17, 15) is 71.2 Å². The van der Waals surface area contributed by atoms with Gasteiger partial charge in [-0.1, -0.05) is 19.9 Å². The van der Waals surface area contributed by atoms with E-state index >= 15 is 0 Å². The minimum Gasteiger partial charge on any atom is -0.432 e. The van der Waals surface area contributed by atoms with E-state index in [0.717, 1.165) is 12.0 Å². The molecule has 378 valence electrons. The van der Waals surface area contributed by atoms with Crippen LogP contribution in [0.3, 0.4) is 0 Å². The van der Waals surface area contributed by atoms with Crippen LogP contribution in [0, 0.1) is 28.1 Å². The molecule has 4 saturated carbocycles. The number of hydrogen-bond acceptors (Lipinski definition) is 22. The van der Waals surface area contributed by atoms with Gasteiger partial charge >= 0.3 is 5.97 Å². The Bertz CT molecular complexity index is 1740. The van der Waals surface area contributed by atoms with Gasteiger partial charge in [0.15, 0.2) is 25.0 Å². The maximum atomic E-state index is 14.7. The number of aliphatic hydroxyl groups excluding tert-OH is 13. The lowest BCUT2D eigenvalue weighted by Gasteiger charge is -2.64. The van der Waals surface area contributed by atoms with E-state index in [2.05, 4.69) is 13.5 Å². The van der Waals surface area contributed by atoms with Gasteiger partial charge in [0.05, 0.1) is 36.9 Å². The monoisotopic (exact) mass is 950 g/mol. The molecule has 66 heavy (non-hydrogen) atoms. The highest BCUT2D eigenvalue weighted by Crippen LogP contribution is 2.73. The lowest BCUT2D eigenvalue weighted by Crippen LogP contribution is -2.66. The van der Waals surface area contributed by atoms with Gasteiger partial charge in [0.1, 0.15) is 85.5 Å². The van der Waals surface area contributed by atoms with E-state index < -0.39 is 165 Å². The Morgan fingerprint density at radius 3 is 1.70 bits per heavy atom. The Kier molecular flexibility index (Phi) is 14.5. The summed E-state index contributed by atoms with van der Waals surface area (Å²) in [6, 6.07) is 0. The van der Waals surface area contributed by atoms with Crippen LogP contribution in [0.2, 0.25) is 0 Å². The van der Waals surface area contributed by atoms with Crippen LogP contribution < -0.4 is 0 Å². The van der Waals surface area contributed by atoms with Crippen molar-refractivity contribution < 1.29 is 109 Å². The highest BCUT2D eigenvalue weighted by molar-refractivity contribution is 5.77. The fourth-order valence-electron chi connectivity index (χ4n) is 13.4. The van der Waals surface area contributed by atoms with Crippen molar-refractivity contribution >= 4 is 5.97 Å². The molecule has 0 aromatic heterocycles. The fraction of sp³-hybridized carbons (Fsp3) is 0.932. The molecule has 0 aromatic rings. The second-order valence-electron chi connectivity index (χ2n) is 20.8. The highest BCUT2D eigenvalue weighted by atomic mass is 16.8. The Balaban J connectivity index is 1.01. The first-order valence-corrected chi connectivity index (χ1v) is 23.2. The molecule has 26 atom stereocenters. The molecule has 0 radical (unpaired) electrons. The van der Waals surface area contributed by atoms with Gasteiger partial charge in [-0.2, -0.15) is 0 Å². The van der Waals surface area contributed by atoms with E-state index in [0.29, 0.717) is 51.4 Å². The lowest BCUT2D eigenvalue weighted by molar-refractivity contribution is -0.378. The predicted octanol–water partition coefficient (Wildman–Crippen LogP) is -4.09. The van der Waals surface area contributed by atoms with Gasteiger partial charge in [0.25, 0.3) is 0 Å². The average molecular weight is 951 g/mol. The molecule has 4 heterocycles. The van der Waals surface area contributed by atoms with Crippen molar-refractivity contribution in [3.8, 4) is 0 Å². The normalized spacial score (nSPS) is 55.2. The van der Waals surface area contributed by atoms with Crippen molar-refractivity contribution in [3.63, 3.8) is 0 Å². The minimum atomic E-state index is -1.84. The Labute approximate surface area is 381 Å². The van der Waals surface area contributed by atoms with Gasteiger partial charge in [-0.25, -0.2) is 0 Å². The summed E-state index contributed by atoms with van der Waals surface area (Å²) in [4.78, 5) is 14.7. The minimum absolute atomic E-state index is 0.0460. The first-order chi connectivity index (χ1) is 31.1. The summed E-state index contributed by atoms with van der Waals surface area (Å²) in [5.41, 5.74) is -2.18. The summed E-state index contributed by atoms with van der Waals surface area (Å²) in [5.74, 6) is -0.840. The van der Waals surface area contributed by atoms with Crippen molar-refractivity contribution in [2.45, 2.75) is 207 Å². The van der Waals surface area contributed by atoms with E-state index in [1.54, 1.807) is 0 Å². The molecular formula is C44H70O22. The van der Waals surface area contributed by atoms with Crippen LogP contribution in [0.4, 0.5) is 0 Å². The van der Waals surface area contributed by atoms with E-state index in [4.69, 9.17) is 37.9 Å². The van der Waals surface area contributed by atoms with Crippen LogP contribution in [-0.4, -0.2) is 221 Å². The molecule has 8 aliphatic rings. The largest absolute Gasteiger partial charge is 0.432 e. The zero-order chi connectivity index (χ0) is 48.0. The third-order valence-corrected chi connectivity index (χ3v) is 17.0. The van der Waals surface area contributed by atoms with Crippen LogP contribution in [0.1, 0.15) is 78.6 Å². The SMILES string of the molecule is C=C1C[C@@]23CC[C@H]4[C@@](C)(CCC[C@@]4(C)C(=O)O[C@@H]4O[C@H](CO)[C@@H](O)[C@H](O)[C@H]4O[C@@H]4O[C@@H](C)[C@H](O)[C@@H](O)[C@H]4O)[C@@H]2CC[C@]1(O[C@@H]1O[C@H](CO)[C@@H](O)[C@H](O)[C@H]1O[C@H]1O[C@H](CO)[C@@H](O)[C@H](O)[C@H]1O)C3. The third-order valence-electron chi connectivity index (χ3n) is 17.0. The Morgan fingerprint density at radius 1 is 0.606 bits per heavy atom. The predicted molar refractivity (Wildman–Crippen MR) is 218 cm³/mol. The molecule has 13 N–H and O–H groups in total. The zero-order valence-electron chi connectivity index (χ0n) is 37.4. The molecule has 0 amide bonds. The average Bonchev–Trinajstić information content (AvgIpc) is 3.48. The Morgan fingerprint density at radius 2 is 1.11 bits per heavy atom. The molecule has 8 fully saturated rings. The number of carbonyl (C=O) groups excluding carboxylic acids is 1. The van der Waals surface area contributed by atoms with Crippen molar-refractivity contribution in [3.05, 3.63) is 12.2 Å². The third kappa shape index (κ3) is 8.30. The number of fused-ring (bicyclic) bond motifs is 3. The Hall–Kier alpha value is -1.59. The van der Waals surface area contributed by atoms with Gasteiger partial charge in [-0.15, -0.1) is 0 Å². The number of aliphatic hydroxyl groups is 13. The van der Waals surface area contributed by atoms with Crippen LogP contribution in [-0.2, 0) is 42.7 Å². The van der Waals surface area contributed by atoms with E-state index in [1.807, 2.05) is 6.92 Å². The zero-order valence-corrected chi connectivity index (χ0v) is 37.4. The molecular weight excluding hydrogens is 880 g/mol. The topological polar surface area (TPSA) is 354 Å². The number of hydrogen-bond donors (Lipinski definition) is 13. The quantitative estimate of drug-likeness (QED) is 0.0532. The molecule has 4 saturated heterocycles. The van der Waals surface area contributed by atoms with Crippen molar-refractivity contribution in [2.24, 2.45) is 28.1 Å². The first-order valence-electron chi connectivity index (χ1n) is 23.2. The maximum absolute atomic E-state index is 14.7. The summed E-state index contributed by atoms with van der Waals surface area (Å²) in [6.07, 6.45) is -26.7. The van der Waals surface area contributed by atoms with Crippen LogP contribution in [0.15, 0.2) is 12.2 Å². The number of esters is 1. The van der Waals surface area contributed by atoms with Gasteiger partial charge in [0, 0.05) is 0 Å². The van der Waals surface area contributed by atoms with Gasteiger partial charge in [-0.3, -0.25) is 4.79 Å². The summed E-state index contributed by atoms with van der Waals surface area (Å²) < 4.78 is 47.8. The first kappa shape index (κ1) is 50.8. The molecule has 4 aliphatic carbocycles. The summed E-state index contributed by atoms with van der Waals surface area (Å²) in [6.45, 7) is 7.78. The number of rotatable bonds is 11. The summed E-state index contributed by atoms with van der Waals surface area (Å²) in [5, 5.41) is 137. The van der Waals surface area contributed by atoms with Crippen LogP contribution >= 0.6 is 0 Å². The summed E-state index contributed by atoms with van der Waals surface area (Å²) in [7, 11) is 0. The molecule has 22 nitrogen and oxygen atoms in total. The second-order valence-corrected chi connectivity index (χ2v) is 20.8. The molecule has 1 spiro atoms. The van der Waals surface area contributed by atoms with E-state index in [-0.39, 0.29) is 17.3 Å². The van der Waals surface area contributed by atoms with Crippen molar-refractivity contribution in [2.75, 3.05) is 19.8 Å². The van der Waals surface area contributed by atoms with Gasteiger partial charge in [0.2, 0.25) is 6.29 Å². The standard InChI is InChI=1S/C44H70O22/c1-17-12-43-10-6-22-41(3,8-5-9-42(22,4)40(58)65-38-34(30(54)26(50)20(14-46)61-38)63-36-32(56)28(52)24(48)18(2)59-36)23(43)7-11-44(17,16-43)66-39-35(31(55)27(51)21(15-47)62-39)64-37-33(57)29(53)25(49)19(13-45)60-37/h18-39,45-57H,1,5-16H2,2-4H3/t18-,19+,20+,21+,22-,23-,24-,25+,26+,27+,28+,29-,30-,31-,32+,33+,34+,35+,36-,37+,38-,39-,41+,42+,43+,44-/m0/s1. The van der Waals surface area contributed by atoms with Crippen LogP contribution in [0.25, 0.3) is 0 Å². The molecule has 0 unspecified atom stereocenters. The maximum Gasteiger partial charge on any atom is 0.314 e. The van der Waals surface area contributed by atoms with Crippen molar-refractivity contribution in [1.29, 1.82) is 0 Å². The van der Waals surface area contributed by atoms with Gasteiger partial charge < -0.3 is 104 Å². The summed E-state index contributed by atoms with van der Waals surface area (Å²) >= 11 is 0. The van der Waals surface area contributed by atoms with Crippen LogP contribution in [0.5, 0.6) is 0 Å². The smallest absolute Gasteiger partial charge is 0.314 e. The van der Waals surface area contributed by atoms with Gasteiger partial charge in [-0.05, 0) is 93.5 Å². The number of carbonyl (C=O) groups is 1. The van der Waals surface area contributed by atoms with E-state index in [1.165, 1.54) is 6.92 Å². The second kappa shape index (κ2) is 18.9. The number of ether oxygens (including phenoxy) is 8. The molecule has 8 rings (SSSR count).